The van der Waals surface area contributed by atoms with Gasteiger partial charge in [0, 0.05) is 58.9 Å². The average Bonchev–Trinajstić information content (AvgIpc) is 3.52. The quantitative estimate of drug-likeness (QED) is 0.276. The maximum atomic E-state index is 5.86. The van der Waals surface area contributed by atoms with Gasteiger partial charge in [0.05, 0.1) is 12.1 Å². The molecule has 6 fully saturated rings. The first-order valence-corrected chi connectivity index (χ1v) is 19.3. The molecule has 11 unspecified atom stereocenters. The highest BCUT2D eigenvalue weighted by Crippen LogP contribution is 2.65. The number of hydrogen-bond donors (Lipinski definition) is 0. The summed E-state index contributed by atoms with van der Waals surface area (Å²) in [7, 11) is 0. The van der Waals surface area contributed by atoms with Gasteiger partial charge in [0.2, 0.25) is 0 Å². The highest BCUT2D eigenvalue weighted by molar-refractivity contribution is 6.81. The first-order chi connectivity index (χ1) is 23.4. The molecule has 0 aromatic heterocycles. The highest BCUT2D eigenvalue weighted by atomic mass is 15.5. The van der Waals surface area contributed by atoms with Crippen molar-refractivity contribution in [3.8, 4) is 0 Å². The second kappa shape index (κ2) is 9.60. The van der Waals surface area contributed by atoms with Crippen LogP contribution in [0.1, 0.15) is 70.6 Å². The SMILES string of the molecule is c1ccc(N2c3cccc4c3B3C5C2CCCC5N2C5=NC6CCCCC6N5C5CCCC6CC(C3C2C65)N4c2ccccc2)cc1. The van der Waals surface area contributed by atoms with Crippen LogP contribution in [0.4, 0.5) is 22.7 Å². The summed E-state index contributed by atoms with van der Waals surface area (Å²) in [6.45, 7) is 0.627. The predicted molar refractivity (Wildman–Crippen MR) is 192 cm³/mol. The molecule has 5 aliphatic heterocycles. The Labute approximate surface area is 280 Å². The summed E-state index contributed by atoms with van der Waals surface area (Å²) in [4.78, 5) is 17.7. The van der Waals surface area contributed by atoms with Crippen LogP contribution in [-0.4, -0.2) is 64.8 Å². The Morgan fingerprint density at radius 2 is 1.21 bits per heavy atom. The smallest absolute Gasteiger partial charge is 0.198 e. The minimum Gasteiger partial charge on any atom is -0.339 e. The van der Waals surface area contributed by atoms with Gasteiger partial charge in [-0.05, 0) is 111 Å². The molecule has 5 heterocycles. The Morgan fingerprint density at radius 1 is 0.553 bits per heavy atom. The maximum absolute atomic E-state index is 5.86. The molecule has 238 valence electrons. The van der Waals surface area contributed by atoms with Gasteiger partial charge < -0.3 is 19.6 Å². The zero-order chi connectivity index (χ0) is 30.4. The lowest BCUT2D eigenvalue weighted by molar-refractivity contribution is -0.0607. The molecule has 4 aliphatic carbocycles. The largest absolute Gasteiger partial charge is 0.339 e. The average molecular weight is 620 g/mol. The number of benzene rings is 3. The topological polar surface area (TPSA) is 25.3 Å². The number of guanidine groups is 1. The van der Waals surface area contributed by atoms with Crippen molar-refractivity contribution in [1.82, 2.24) is 9.80 Å². The lowest BCUT2D eigenvalue weighted by Crippen LogP contribution is -2.82. The van der Waals surface area contributed by atoms with Crippen LogP contribution in [0.5, 0.6) is 0 Å². The maximum Gasteiger partial charge on any atom is 0.198 e. The van der Waals surface area contributed by atoms with Crippen molar-refractivity contribution in [2.75, 3.05) is 9.80 Å². The lowest BCUT2D eigenvalue weighted by atomic mass is 9.20. The second-order valence-corrected chi connectivity index (χ2v) is 16.7. The molecule has 4 saturated carbocycles. The Morgan fingerprint density at radius 3 is 2.00 bits per heavy atom. The van der Waals surface area contributed by atoms with Gasteiger partial charge in [-0.25, -0.2) is 4.99 Å². The molecule has 0 spiro atoms. The summed E-state index contributed by atoms with van der Waals surface area (Å²) in [6.07, 6.45) is 14.9. The van der Waals surface area contributed by atoms with Crippen LogP contribution in [-0.2, 0) is 0 Å². The molecule has 11 atom stereocenters. The molecular formula is C41H46BN5. The van der Waals surface area contributed by atoms with E-state index in [1.165, 1.54) is 99.3 Å². The van der Waals surface area contributed by atoms with Crippen molar-refractivity contribution >= 4 is 40.9 Å². The van der Waals surface area contributed by atoms with E-state index in [2.05, 4.69) is 98.5 Å². The zero-order valence-electron chi connectivity index (χ0n) is 27.4. The number of para-hydroxylation sites is 2. The van der Waals surface area contributed by atoms with Gasteiger partial charge >= 0.3 is 0 Å². The van der Waals surface area contributed by atoms with E-state index in [-0.39, 0.29) is 0 Å². The first-order valence-electron chi connectivity index (χ1n) is 19.3. The summed E-state index contributed by atoms with van der Waals surface area (Å²) in [5.41, 5.74) is 7.44. The van der Waals surface area contributed by atoms with E-state index >= 15 is 0 Å². The highest BCUT2D eigenvalue weighted by Gasteiger charge is 2.71. The molecule has 12 rings (SSSR count). The van der Waals surface area contributed by atoms with Crippen molar-refractivity contribution in [3.63, 3.8) is 0 Å². The number of hydrogen-bond acceptors (Lipinski definition) is 5. The third-order valence-electron chi connectivity index (χ3n) is 15.0. The molecule has 2 saturated heterocycles. The standard InChI is InChI=1S/C41H46BN5/c1-3-13-26(14-4-1)44-31-20-10-22-33-37(31)42-38-32(44)21-11-23-34(38)47-40-36-25(24-35(39(40)42)45(33)27-15-5-2-6-16-27)12-9-19-30(36)46-29-18-8-7-17-28(29)43-41(46)47/h1-6,10,13-16,20,22,25,28-30,32,34-36,38-40H,7-9,11-12,17-19,21,23-24H2. The van der Waals surface area contributed by atoms with Crippen LogP contribution >= 0.6 is 0 Å². The summed E-state index contributed by atoms with van der Waals surface area (Å²) in [5, 5.41) is 0. The van der Waals surface area contributed by atoms with Gasteiger partial charge in [-0.3, -0.25) is 0 Å². The van der Waals surface area contributed by atoms with Crippen LogP contribution in [0.3, 0.4) is 0 Å². The Hall–Kier alpha value is -3.41. The van der Waals surface area contributed by atoms with Crippen LogP contribution in [0.15, 0.2) is 83.9 Å². The Bertz CT molecular complexity index is 1760. The van der Waals surface area contributed by atoms with Gasteiger partial charge in [-0.2, -0.15) is 0 Å². The van der Waals surface area contributed by atoms with Gasteiger partial charge in [0.1, 0.15) is 0 Å². The van der Waals surface area contributed by atoms with Crippen LogP contribution in [0.2, 0.25) is 11.6 Å². The fourth-order valence-corrected chi connectivity index (χ4v) is 13.9. The van der Waals surface area contributed by atoms with E-state index in [1.807, 2.05) is 0 Å². The van der Waals surface area contributed by atoms with E-state index in [0.717, 1.165) is 11.8 Å². The van der Waals surface area contributed by atoms with E-state index in [4.69, 9.17) is 4.99 Å². The molecule has 9 aliphatic rings. The van der Waals surface area contributed by atoms with Gasteiger partial charge in [0.25, 0.3) is 0 Å². The predicted octanol–water partition coefficient (Wildman–Crippen LogP) is 7.59. The number of rotatable bonds is 2. The molecular weight excluding hydrogens is 573 g/mol. The molecule has 0 amide bonds. The fraction of sp³-hybridized carbons (Fsp3) is 0.537. The number of nitrogens with zero attached hydrogens (tertiary/aromatic N) is 5. The molecule has 0 bridgehead atoms. The van der Waals surface area contributed by atoms with Crippen molar-refractivity contribution in [2.45, 2.75) is 125 Å². The van der Waals surface area contributed by atoms with Crippen molar-refractivity contribution < 1.29 is 0 Å². The normalized spacial score (nSPS) is 40.0. The first kappa shape index (κ1) is 26.5. The fourth-order valence-electron chi connectivity index (χ4n) is 13.9. The van der Waals surface area contributed by atoms with Crippen molar-refractivity contribution in [3.05, 3.63) is 78.9 Å². The molecule has 5 nitrogen and oxygen atoms in total. The summed E-state index contributed by atoms with van der Waals surface area (Å²) in [6, 6.07) is 34.5. The van der Waals surface area contributed by atoms with E-state index in [0.29, 0.717) is 60.6 Å². The number of anilines is 4. The zero-order valence-corrected chi connectivity index (χ0v) is 27.4. The van der Waals surface area contributed by atoms with Crippen molar-refractivity contribution in [2.24, 2.45) is 16.8 Å². The van der Waals surface area contributed by atoms with Crippen LogP contribution in [0, 0.1) is 11.8 Å². The molecule has 0 radical (unpaired) electrons. The van der Waals surface area contributed by atoms with E-state index in [1.54, 1.807) is 5.46 Å². The van der Waals surface area contributed by atoms with Crippen molar-refractivity contribution in [1.29, 1.82) is 0 Å². The van der Waals surface area contributed by atoms with Gasteiger partial charge in [-0.15, -0.1) is 0 Å². The Kier molecular flexibility index (Phi) is 5.42. The number of aliphatic imine (C=N–C) groups is 1. The van der Waals surface area contributed by atoms with E-state index < -0.39 is 0 Å². The molecule has 0 N–H and O–H groups in total. The third-order valence-corrected chi connectivity index (χ3v) is 15.0. The minimum atomic E-state index is 0.527. The Balaban J connectivity index is 1.14. The summed E-state index contributed by atoms with van der Waals surface area (Å²) >= 11 is 0. The van der Waals surface area contributed by atoms with Gasteiger partial charge in [0.15, 0.2) is 12.7 Å². The molecule has 3 aromatic rings. The monoisotopic (exact) mass is 619 g/mol. The second-order valence-electron chi connectivity index (χ2n) is 16.7. The third kappa shape index (κ3) is 3.31. The summed E-state index contributed by atoms with van der Waals surface area (Å²) in [5.74, 6) is 4.33. The van der Waals surface area contributed by atoms with Crippen LogP contribution in [0.25, 0.3) is 0 Å². The molecule has 6 heteroatoms. The van der Waals surface area contributed by atoms with E-state index in [9.17, 15) is 0 Å². The lowest BCUT2D eigenvalue weighted by Gasteiger charge is -2.72. The van der Waals surface area contributed by atoms with Crippen LogP contribution < -0.4 is 15.3 Å². The number of fused-ring (bicyclic) bond motifs is 6. The summed E-state index contributed by atoms with van der Waals surface area (Å²) < 4.78 is 0. The van der Waals surface area contributed by atoms with Gasteiger partial charge in [-0.1, -0.05) is 61.7 Å². The molecule has 47 heavy (non-hydrogen) atoms. The molecule has 3 aromatic carbocycles. The minimum absolute atomic E-state index is 0.527.